The highest BCUT2D eigenvalue weighted by atomic mass is 16.1. The van der Waals surface area contributed by atoms with Crippen LogP contribution in [0.3, 0.4) is 0 Å². The fourth-order valence-corrected chi connectivity index (χ4v) is 1.22. The largest absolute Gasteiger partial charge is 0.295 e. The molecule has 0 saturated carbocycles. The third-order valence-corrected chi connectivity index (χ3v) is 2.06. The number of carbonyl (C=O) groups is 1. The minimum absolute atomic E-state index is 0.319. The Balaban J connectivity index is 2.49. The van der Waals surface area contributed by atoms with Gasteiger partial charge in [-0.15, -0.1) is 0 Å². The van der Waals surface area contributed by atoms with Gasteiger partial charge in [0.05, 0.1) is 0 Å². The summed E-state index contributed by atoms with van der Waals surface area (Å²) in [7, 11) is 0. The molecule has 0 aromatic carbocycles. The SMILES string of the molecule is C=C(CC)CC1=CCCC1=O. The van der Waals surface area contributed by atoms with Gasteiger partial charge in [-0.25, -0.2) is 0 Å². The van der Waals surface area contributed by atoms with Crippen LogP contribution in [0.5, 0.6) is 0 Å². The minimum atomic E-state index is 0.319. The highest BCUT2D eigenvalue weighted by Gasteiger charge is 2.14. The van der Waals surface area contributed by atoms with E-state index >= 15 is 0 Å². The zero-order valence-corrected chi connectivity index (χ0v) is 7.02. The summed E-state index contributed by atoms with van der Waals surface area (Å²) in [6, 6.07) is 0. The molecule has 0 aromatic rings. The van der Waals surface area contributed by atoms with E-state index in [4.69, 9.17) is 0 Å². The van der Waals surface area contributed by atoms with Gasteiger partial charge in [-0.2, -0.15) is 0 Å². The van der Waals surface area contributed by atoms with Crippen LogP contribution in [0, 0.1) is 0 Å². The summed E-state index contributed by atoms with van der Waals surface area (Å²) in [6.07, 6.45) is 5.47. The summed E-state index contributed by atoms with van der Waals surface area (Å²) in [5.74, 6) is 0.319. The van der Waals surface area contributed by atoms with Crippen molar-refractivity contribution in [2.24, 2.45) is 0 Å². The van der Waals surface area contributed by atoms with Crippen molar-refractivity contribution in [1.29, 1.82) is 0 Å². The molecule has 0 fully saturated rings. The van der Waals surface area contributed by atoms with Crippen LogP contribution in [0.1, 0.15) is 32.6 Å². The number of ketones is 1. The van der Waals surface area contributed by atoms with Crippen molar-refractivity contribution in [2.75, 3.05) is 0 Å². The first-order valence-electron chi connectivity index (χ1n) is 4.13. The lowest BCUT2D eigenvalue weighted by Gasteiger charge is -2.00. The average Bonchev–Trinajstić information content (AvgIpc) is 2.37. The monoisotopic (exact) mass is 150 g/mol. The van der Waals surface area contributed by atoms with Gasteiger partial charge in [0.15, 0.2) is 5.78 Å². The lowest BCUT2D eigenvalue weighted by Crippen LogP contribution is -1.96. The van der Waals surface area contributed by atoms with Gasteiger partial charge in [-0.1, -0.05) is 25.2 Å². The molecule has 0 heterocycles. The van der Waals surface area contributed by atoms with E-state index in [1.54, 1.807) is 0 Å². The molecule has 0 unspecified atom stereocenters. The molecule has 1 nitrogen and oxygen atoms in total. The van der Waals surface area contributed by atoms with Crippen molar-refractivity contribution in [3.8, 4) is 0 Å². The molecule has 0 N–H and O–H groups in total. The number of hydrogen-bond donors (Lipinski definition) is 0. The Morgan fingerprint density at radius 3 is 2.91 bits per heavy atom. The number of allylic oxidation sites excluding steroid dienone is 3. The van der Waals surface area contributed by atoms with E-state index in [-0.39, 0.29) is 0 Å². The Morgan fingerprint density at radius 1 is 1.73 bits per heavy atom. The summed E-state index contributed by atoms with van der Waals surface area (Å²) in [5.41, 5.74) is 2.14. The lowest BCUT2D eigenvalue weighted by atomic mass is 10.0. The van der Waals surface area contributed by atoms with Crippen LogP contribution in [-0.2, 0) is 4.79 Å². The first-order chi connectivity index (χ1) is 5.24. The van der Waals surface area contributed by atoms with Crippen LogP contribution in [0.25, 0.3) is 0 Å². The highest BCUT2D eigenvalue weighted by Crippen LogP contribution is 2.21. The van der Waals surface area contributed by atoms with E-state index in [2.05, 4.69) is 13.5 Å². The zero-order valence-electron chi connectivity index (χ0n) is 7.02. The van der Waals surface area contributed by atoms with E-state index < -0.39 is 0 Å². The first kappa shape index (κ1) is 8.25. The fourth-order valence-electron chi connectivity index (χ4n) is 1.22. The Kier molecular flexibility index (Phi) is 2.64. The number of carbonyl (C=O) groups excluding carboxylic acids is 1. The molecule has 1 aliphatic carbocycles. The number of Topliss-reactive ketones (excluding diaryl/α,β-unsaturated/α-hetero) is 1. The molecule has 0 amide bonds. The molecular weight excluding hydrogens is 136 g/mol. The van der Waals surface area contributed by atoms with Crippen LogP contribution >= 0.6 is 0 Å². The third-order valence-electron chi connectivity index (χ3n) is 2.06. The predicted octanol–water partition coefficient (Wildman–Crippen LogP) is 2.63. The summed E-state index contributed by atoms with van der Waals surface area (Å²) >= 11 is 0. The van der Waals surface area contributed by atoms with Gasteiger partial charge >= 0.3 is 0 Å². The molecule has 0 radical (unpaired) electrons. The van der Waals surface area contributed by atoms with E-state index in [9.17, 15) is 4.79 Å². The van der Waals surface area contributed by atoms with Gasteiger partial charge in [0.25, 0.3) is 0 Å². The maximum Gasteiger partial charge on any atom is 0.159 e. The maximum absolute atomic E-state index is 11.1. The number of hydrogen-bond acceptors (Lipinski definition) is 1. The summed E-state index contributed by atoms with van der Waals surface area (Å²) in [6.45, 7) is 5.95. The maximum atomic E-state index is 11.1. The van der Waals surface area contributed by atoms with Gasteiger partial charge in [0.2, 0.25) is 0 Å². The molecule has 0 saturated heterocycles. The molecule has 1 rings (SSSR count). The van der Waals surface area contributed by atoms with Crippen molar-refractivity contribution in [3.63, 3.8) is 0 Å². The van der Waals surface area contributed by atoms with Crippen molar-refractivity contribution in [3.05, 3.63) is 23.8 Å². The summed E-state index contributed by atoms with van der Waals surface area (Å²) < 4.78 is 0. The fraction of sp³-hybridized carbons (Fsp3) is 0.500. The molecule has 0 bridgehead atoms. The number of rotatable bonds is 3. The van der Waals surface area contributed by atoms with E-state index in [1.165, 1.54) is 0 Å². The second-order valence-electron chi connectivity index (χ2n) is 2.97. The smallest absolute Gasteiger partial charge is 0.159 e. The molecule has 0 aromatic heterocycles. The summed E-state index contributed by atoms with van der Waals surface area (Å²) in [4.78, 5) is 11.1. The molecule has 0 spiro atoms. The van der Waals surface area contributed by atoms with Gasteiger partial charge < -0.3 is 0 Å². The van der Waals surface area contributed by atoms with Crippen LogP contribution in [0.2, 0.25) is 0 Å². The van der Waals surface area contributed by atoms with Crippen LogP contribution in [0.4, 0.5) is 0 Å². The standard InChI is InChI=1S/C10H14O/c1-3-8(2)7-9-5-4-6-10(9)11/h5H,2-4,6-7H2,1H3. The quantitative estimate of drug-likeness (QED) is 0.565. The molecule has 0 atom stereocenters. The van der Waals surface area contributed by atoms with Crippen molar-refractivity contribution < 1.29 is 4.79 Å². The van der Waals surface area contributed by atoms with Crippen LogP contribution in [0.15, 0.2) is 23.8 Å². The zero-order chi connectivity index (χ0) is 8.27. The molecule has 1 heteroatoms. The topological polar surface area (TPSA) is 17.1 Å². The Morgan fingerprint density at radius 2 is 2.45 bits per heavy atom. The van der Waals surface area contributed by atoms with Crippen molar-refractivity contribution in [2.45, 2.75) is 32.6 Å². The second-order valence-corrected chi connectivity index (χ2v) is 2.97. The van der Waals surface area contributed by atoms with Crippen molar-refractivity contribution >= 4 is 5.78 Å². The van der Waals surface area contributed by atoms with E-state index in [1.807, 2.05) is 6.08 Å². The van der Waals surface area contributed by atoms with Crippen molar-refractivity contribution in [1.82, 2.24) is 0 Å². The van der Waals surface area contributed by atoms with Gasteiger partial charge in [-0.3, -0.25) is 4.79 Å². The molecule has 60 valence electrons. The highest BCUT2D eigenvalue weighted by molar-refractivity contribution is 5.97. The normalized spacial score (nSPS) is 16.8. The Labute approximate surface area is 67.8 Å². The van der Waals surface area contributed by atoms with Gasteiger partial charge in [0, 0.05) is 6.42 Å². The average molecular weight is 150 g/mol. The van der Waals surface area contributed by atoms with E-state index in [0.717, 1.165) is 30.4 Å². The van der Waals surface area contributed by atoms with Gasteiger partial charge in [-0.05, 0) is 24.8 Å². The molecule has 0 aliphatic heterocycles. The molecule has 11 heavy (non-hydrogen) atoms. The summed E-state index contributed by atoms with van der Waals surface area (Å²) in [5, 5.41) is 0. The lowest BCUT2D eigenvalue weighted by molar-refractivity contribution is -0.115. The van der Waals surface area contributed by atoms with Crippen LogP contribution < -0.4 is 0 Å². The second kappa shape index (κ2) is 3.51. The van der Waals surface area contributed by atoms with Crippen LogP contribution in [-0.4, -0.2) is 5.78 Å². The first-order valence-corrected chi connectivity index (χ1v) is 4.13. The van der Waals surface area contributed by atoms with E-state index in [0.29, 0.717) is 12.2 Å². The minimum Gasteiger partial charge on any atom is -0.295 e. The van der Waals surface area contributed by atoms with Gasteiger partial charge in [0.1, 0.15) is 0 Å². The predicted molar refractivity (Wildman–Crippen MR) is 46.4 cm³/mol. The molecule has 1 aliphatic rings. The Hall–Kier alpha value is -0.850. The Bertz CT molecular complexity index is 211. The third kappa shape index (κ3) is 2.04. The molecular formula is C10H14O.